The number of nitrogens with one attached hydrogen (secondary N) is 1. The van der Waals surface area contributed by atoms with Crippen LogP contribution in [0.3, 0.4) is 0 Å². The van der Waals surface area contributed by atoms with Gasteiger partial charge in [0.05, 0.1) is 22.3 Å². The van der Waals surface area contributed by atoms with Gasteiger partial charge >= 0.3 is 5.69 Å². The molecule has 1 amide bonds. The van der Waals surface area contributed by atoms with Gasteiger partial charge in [0.1, 0.15) is 5.69 Å². The van der Waals surface area contributed by atoms with Crippen molar-refractivity contribution in [2.75, 3.05) is 5.32 Å². The number of amides is 1. The normalized spacial score (nSPS) is 11.1. The molecule has 1 N–H and O–H groups in total. The summed E-state index contributed by atoms with van der Waals surface area (Å²) in [5, 5.41) is 7.72. The monoisotopic (exact) mass is 437 g/mol. The van der Waals surface area contributed by atoms with E-state index < -0.39 is 0 Å². The fourth-order valence-electron chi connectivity index (χ4n) is 4.04. The van der Waals surface area contributed by atoms with Gasteiger partial charge in [-0.25, -0.2) is 9.48 Å². The molecular formula is C26H23N5O2. The molecule has 0 unspecified atom stereocenters. The van der Waals surface area contributed by atoms with E-state index in [0.717, 1.165) is 27.8 Å². The number of imidazole rings is 1. The number of rotatable bonds is 4. The van der Waals surface area contributed by atoms with Gasteiger partial charge in [-0.3, -0.25) is 13.9 Å². The van der Waals surface area contributed by atoms with Crippen LogP contribution in [0.15, 0.2) is 83.8 Å². The molecule has 0 aliphatic carbocycles. The van der Waals surface area contributed by atoms with Crippen molar-refractivity contribution >= 4 is 22.6 Å². The van der Waals surface area contributed by atoms with Crippen LogP contribution in [0, 0.1) is 6.92 Å². The lowest BCUT2D eigenvalue weighted by molar-refractivity contribution is 0.102. The lowest BCUT2D eigenvalue weighted by Crippen LogP contribution is -2.19. The van der Waals surface area contributed by atoms with Gasteiger partial charge in [0.25, 0.3) is 5.91 Å². The van der Waals surface area contributed by atoms with Crippen LogP contribution in [-0.4, -0.2) is 24.8 Å². The Morgan fingerprint density at radius 1 is 0.879 bits per heavy atom. The van der Waals surface area contributed by atoms with E-state index in [2.05, 4.69) is 5.32 Å². The number of aromatic nitrogens is 4. The van der Waals surface area contributed by atoms with Crippen LogP contribution >= 0.6 is 0 Å². The largest absolute Gasteiger partial charge is 0.328 e. The minimum atomic E-state index is -0.269. The number of fused-ring (bicyclic) bond motifs is 1. The first-order valence-corrected chi connectivity index (χ1v) is 10.6. The Hall–Kier alpha value is -4.39. The van der Waals surface area contributed by atoms with Gasteiger partial charge in [-0.2, -0.15) is 5.10 Å². The van der Waals surface area contributed by atoms with Gasteiger partial charge in [-0.1, -0.05) is 42.0 Å². The Morgan fingerprint density at radius 3 is 2.39 bits per heavy atom. The number of nitrogens with zero attached hydrogens (tertiary/aromatic N) is 4. The van der Waals surface area contributed by atoms with Crippen LogP contribution in [0.5, 0.6) is 0 Å². The molecule has 0 aliphatic heterocycles. The zero-order valence-electron chi connectivity index (χ0n) is 18.6. The minimum Gasteiger partial charge on any atom is -0.322 e. The van der Waals surface area contributed by atoms with Crippen LogP contribution in [0.2, 0.25) is 0 Å². The van der Waals surface area contributed by atoms with E-state index in [1.165, 1.54) is 0 Å². The average molecular weight is 438 g/mol. The van der Waals surface area contributed by atoms with Crippen molar-refractivity contribution in [3.8, 4) is 16.9 Å². The molecule has 7 heteroatoms. The van der Waals surface area contributed by atoms with Crippen molar-refractivity contribution in [1.82, 2.24) is 18.9 Å². The summed E-state index contributed by atoms with van der Waals surface area (Å²) >= 11 is 0. The Balaban J connectivity index is 1.57. The number of aryl methyl sites for hydroxylation is 3. The molecular weight excluding hydrogens is 414 g/mol. The van der Waals surface area contributed by atoms with Gasteiger partial charge in [0, 0.05) is 31.5 Å². The van der Waals surface area contributed by atoms with Gasteiger partial charge in [-0.05, 0) is 43.3 Å². The summed E-state index contributed by atoms with van der Waals surface area (Å²) in [7, 11) is 3.45. The zero-order chi connectivity index (χ0) is 23.1. The molecule has 5 aromatic rings. The maximum atomic E-state index is 13.4. The van der Waals surface area contributed by atoms with Gasteiger partial charge in [0.15, 0.2) is 0 Å². The van der Waals surface area contributed by atoms with E-state index in [4.69, 9.17) is 5.10 Å². The Bertz CT molecular complexity index is 1560. The summed E-state index contributed by atoms with van der Waals surface area (Å²) in [6, 6.07) is 23.1. The highest BCUT2D eigenvalue weighted by Crippen LogP contribution is 2.26. The molecule has 0 atom stereocenters. The van der Waals surface area contributed by atoms with Crippen molar-refractivity contribution in [2.45, 2.75) is 6.92 Å². The molecule has 164 valence electrons. The SMILES string of the molecule is Cc1cccc(-c2nn(-c3ccccc3)cc2C(=O)Nc2ccc3c(c2)n(C)c(=O)n3C)c1. The second-order valence-electron chi connectivity index (χ2n) is 8.10. The molecule has 3 aromatic carbocycles. The maximum absolute atomic E-state index is 13.4. The highest BCUT2D eigenvalue weighted by atomic mass is 16.2. The van der Waals surface area contributed by atoms with Crippen LogP contribution in [-0.2, 0) is 14.1 Å². The highest BCUT2D eigenvalue weighted by Gasteiger charge is 2.19. The fourth-order valence-corrected chi connectivity index (χ4v) is 4.04. The molecule has 33 heavy (non-hydrogen) atoms. The molecule has 0 radical (unpaired) electrons. The summed E-state index contributed by atoms with van der Waals surface area (Å²) in [6.45, 7) is 2.01. The van der Waals surface area contributed by atoms with Gasteiger partial charge in [0.2, 0.25) is 0 Å². The van der Waals surface area contributed by atoms with Crippen molar-refractivity contribution in [1.29, 1.82) is 0 Å². The fraction of sp³-hybridized carbons (Fsp3) is 0.115. The number of hydrogen-bond acceptors (Lipinski definition) is 3. The third-order valence-corrected chi connectivity index (χ3v) is 5.80. The number of hydrogen-bond donors (Lipinski definition) is 1. The summed E-state index contributed by atoms with van der Waals surface area (Å²) < 4.78 is 4.87. The zero-order valence-corrected chi connectivity index (χ0v) is 18.6. The number of anilines is 1. The van der Waals surface area contributed by atoms with Crippen LogP contribution in [0.4, 0.5) is 5.69 Å². The van der Waals surface area contributed by atoms with E-state index in [1.54, 1.807) is 40.2 Å². The third kappa shape index (κ3) is 3.63. The predicted octanol–water partition coefficient (Wildman–Crippen LogP) is 4.29. The Kier molecular flexibility index (Phi) is 4.94. The summed E-state index contributed by atoms with van der Waals surface area (Å²) in [4.78, 5) is 25.6. The van der Waals surface area contributed by atoms with Crippen molar-refractivity contribution in [3.05, 3.63) is 101 Å². The van der Waals surface area contributed by atoms with Gasteiger partial charge < -0.3 is 5.32 Å². The predicted molar refractivity (Wildman–Crippen MR) is 130 cm³/mol. The van der Waals surface area contributed by atoms with E-state index in [0.29, 0.717) is 16.9 Å². The molecule has 0 spiro atoms. The molecule has 5 rings (SSSR count). The van der Waals surface area contributed by atoms with Gasteiger partial charge in [-0.15, -0.1) is 0 Å². The van der Waals surface area contributed by atoms with E-state index >= 15 is 0 Å². The molecule has 0 fully saturated rings. The molecule has 2 aromatic heterocycles. The first-order chi connectivity index (χ1) is 15.9. The average Bonchev–Trinajstić information content (AvgIpc) is 3.36. The first-order valence-electron chi connectivity index (χ1n) is 10.6. The number of carbonyl (C=O) groups is 1. The number of benzene rings is 3. The standard InChI is InChI=1S/C26H23N5O2/c1-17-8-7-9-18(14-17)24-21(16-31(28-24)20-10-5-4-6-11-20)25(32)27-19-12-13-22-23(15-19)30(3)26(33)29(22)2/h4-16H,1-3H3,(H,27,32). The second kappa shape index (κ2) is 7.94. The second-order valence-corrected chi connectivity index (χ2v) is 8.10. The molecule has 7 nitrogen and oxygen atoms in total. The van der Waals surface area contributed by atoms with Crippen molar-refractivity contribution in [2.24, 2.45) is 14.1 Å². The smallest absolute Gasteiger partial charge is 0.322 e. The van der Waals surface area contributed by atoms with Crippen LogP contribution in [0.1, 0.15) is 15.9 Å². The number of para-hydroxylation sites is 1. The topological polar surface area (TPSA) is 73.8 Å². The molecule has 0 saturated heterocycles. The first kappa shape index (κ1) is 20.5. The van der Waals surface area contributed by atoms with E-state index in [-0.39, 0.29) is 11.6 Å². The maximum Gasteiger partial charge on any atom is 0.328 e. The van der Waals surface area contributed by atoms with Crippen molar-refractivity contribution in [3.63, 3.8) is 0 Å². The van der Waals surface area contributed by atoms with Crippen LogP contribution < -0.4 is 11.0 Å². The van der Waals surface area contributed by atoms with Crippen molar-refractivity contribution < 1.29 is 4.79 Å². The summed E-state index contributed by atoms with van der Waals surface area (Å²) in [6.07, 6.45) is 1.75. The number of carbonyl (C=O) groups excluding carboxylic acids is 1. The lowest BCUT2D eigenvalue weighted by atomic mass is 10.1. The molecule has 2 heterocycles. The third-order valence-electron chi connectivity index (χ3n) is 5.80. The minimum absolute atomic E-state index is 0.112. The Labute approximate surface area is 190 Å². The van der Waals surface area contributed by atoms with Crippen LogP contribution in [0.25, 0.3) is 28.0 Å². The molecule has 0 saturated carbocycles. The quantitative estimate of drug-likeness (QED) is 0.456. The highest BCUT2D eigenvalue weighted by molar-refractivity contribution is 6.08. The summed E-state index contributed by atoms with van der Waals surface area (Å²) in [5.74, 6) is -0.269. The van der Waals surface area contributed by atoms with E-state index in [9.17, 15) is 9.59 Å². The van der Waals surface area contributed by atoms with E-state index in [1.807, 2.05) is 73.7 Å². The molecule has 0 bridgehead atoms. The Morgan fingerprint density at radius 2 is 1.64 bits per heavy atom. The molecule has 0 aliphatic rings. The summed E-state index contributed by atoms with van der Waals surface area (Å²) in [5.41, 5.74) is 5.94. The lowest BCUT2D eigenvalue weighted by Gasteiger charge is -2.07.